The summed E-state index contributed by atoms with van der Waals surface area (Å²) >= 11 is 0. The van der Waals surface area contributed by atoms with Crippen molar-refractivity contribution in [1.82, 2.24) is 9.71 Å². The van der Waals surface area contributed by atoms with Crippen molar-refractivity contribution >= 4 is 10.0 Å². The molecule has 108 valence electrons. The summed E-state index contributed by atoms with van der Waals surface area (Å²) in [5, 5.41) is 0. The van der Waals surface area contributed by atoms with Crippen LogP contribution in [0.5, 0.6) is 0 Å². The molecule has 2 rings (SSSR count). The van der Waals surface area contributed by atoms with Gasteiger partial charge >= 0.3 is 0 Å². The highest BCUT2D eigenvalue weighted by atomic mass is 32.2. The van der Waals surface area contributed by atoms with E-state index in [1.54, 1.807) is 19.1 Å². The lowest BCUT2D eigenvalue weighted by atomic mass is 10.0. The van der Waals surface area contributed by atoms with Gasteiger partial charge in [0.25, 0.3) is 0 Å². The van der Waals surface area contributed by atoms with Gasteiger partial charge in [0, 0.05) is 6.92 Å². The Bertz CT molecular complexity index is 673. The van der Waals surface area contributed by atoms with Gasteiger partial charge in [0.05, 0.1) is 17.1 Å². The maximum Gasteiger partial charge on any atom is 0.240 e. The number of hydrogen-bond donors (Lipinski definition) is 1. The minimum absolute atomic E-state index is 0.117. The molecular weight excluding hydrogens is 276 g/mol. The smallest absolute Gasteiger partial charge is 0.240 e. The van der Waals surface area contributed by atoms with Crippen LogP contribution in [0.25, 0.3) is 0 Å². The predicted molar refractivity (Wildman–Crippen MR) is 75.8 cm³/mol. The lowest BCUT2D eigenvalue weighted by Crippen LogP contribution is -2.23. The number of aryl methyl sites for hydroxylation is 1. The molecule has 0 radical (unpaired) electrons. The number of sulfonamides is 1. The summed E-state index contributed by atoms with van der Waals surface area (Å²) in [6, 6.07) is 6.90. The van der Waals surface area contributed by atoms with Gasteiger partial charge in [0.15, 0.2) is 5.89 Å². The fourth-order valence-electron chi connectivity index (χ4n) is 1.77. The lowest BCUT2D eigenvalue weighted by Gasteiger charge is -2.08. The SMILES string of the molecule is Cc1nc(CNS(=O)(=O)c2ccc(C(C)C)cc2)co1. The van der Waals surface area contributed by atoms with E-state index >= 15 is 0 Å². The number of aromatic nitrogens is 1. The zero-order chi connectivity index (χ0) is 14.8. The van der Waals surface area contributed by atoms with Crippen LogP contribution in [0, 0.1) is 6.92 Å². The number of nitrogens with zero attached hydrogens (tertiary/aromatic N) is 1. The molecule has 0 atom stereocenters. The fourth-order valence-corrected chi connectivity index (χ4v) is 2.77. The van der Waals surface area contributed by atoms with Crippen molar-refractivity contribution in [3.63, 3.8) is 0 Å². The molecule has 0 saturated heterocycles. The molecule has 0 aliphatic rings. The maximum absolute atomic E-state index is 12.1. The van der Waals surface area contributed by atoms with E-state index in [9.17, 15) is 8.42 Å². The van der Waals surface area contributed by atoms with Crippen LogP contribution in [0.4, 0.5) is 0 Å². The molecule has 5 nitrogen and oxygen atoms in total. The number of oxazole rings is 1. The van der Waals surface area contributed by atoms with Crippen molar-refractivity contribution in [3.05, 3.63) is 47.7 Å². The first-order valence-corrected chi connectivity index (χ1v) is 7.87. The lowest BCUT2D eigenvalue weighted by molar-refractivity contribution is 0.520. The van der Waals surface area contributed by atoms with Crippen LogP contribution in [0.15, 0.2) is 39.8 Å². The highest BCUT2D eigenvalue weighted by Gasteiger charge is 2.14. The molecule has 0 aliphatic carbocycles. The molecule has 0 spiro atoms. The first kappa shape index (κ1) is 14.7. The zero-order valence-electron chi connectivity index (χ0n) is 11.8. The number of rotatable bonds is 5. The Morgan fingerprint density at radius 2 is 1.90 bits per heavy atom. The third-order valence-corrected chi connectivity index (χ3v) is 4.38. The van der Waals surface area contributed by atoms with E-state index in [0.717, 1.165) is 5.56 Å². The summed E-state index contributed by atoms with van der Waals surface area (Å²) < 4.78 is 31.8. The highest BCUT2D eigenvalue weighted by molar-refractivity contribution is 7.89. The molecule has 0 bridgehead atoms. The van der Waals surface area contributed by atoms with E-state index in [2.05, 4.69) is 23.6 Å². The van der Waals surface area contributed by atoms with Crippen molar-refractivity contribution in [2.24, 2.45) is 0 Å². The molecule has 0 fully saturated rings. The summed E-state index contributed by atoms with van der Waals surface area (Å²) in [5.41, 5.74) is 1.67. The van der Waals surface area contributed by atoms with Crippen molar-refractivity contribution in [1.29, 1.82) is 0 Å². The van der Waals surface area contributed by atoms with E-state index < -0.39 is 10.0 Å². The van der Waals surface area contributed by atoms with Crippen LogP contribution in [0.2, 0.25) is 0 Å². The fraction of sp³-hybridized carbons (Fsp3) is 0.357. The Hall–Kier alpha value is -1.66. The van der Waals surface area contributed by atoms with Gasteiger partial charge in [-0.25, -0.2) is 18.1 Å². The standard InChI is InChI=1S/C14H18N2O3S/c1-10(2)12-4-6-14(7-5-12)20(17,18)15-8-13-9-19-11(3)16-13/h4-7,9-10,15H,8H2,1-3H3. The molecule has 6 heteroatoms. The van der Waals surface area contributed by atoms with Crippen LogP contribution in [-0.2, 0) is 16.6 Å². The monoisotopic (exact) mass is 294 g/mol. The minimum Gasteiger partial charge on any atom is -0.449 e. The molecule has 1 N–H and O–H groups in total. The van der Waals surface area contributed by atoms with Crippen LogP contribution in [0.3, 0.4) is 0 Å². The molecule has 1 aromatic carbocycles. The van der Waals surface area contributed by atoms with Crippen molar-refractivity contribution in [2.45, 2.75) is 38.1 Å². The van der Waals surface area contributed by atoms with E-state index in [4.69, 9.17) is 4.42 Å². The van der Waals surface area contributed by atoms with Crippen molar-refractivity contribution in [2.75, 3.05) is 0 Å². The Morgan fingerprint density at radius 3 is 2.40 bits per heavy atom. The van der Waals surface area contributed by atoms with Gasteiger partial charge in [-0.05, 0) is 23.6 Å². The quantitative estimate of drug-likeness (QED) is 0.920. The highest BCUT2D eigenvalue weighted by Crippen LogP contribution is 2.17. The van der Waals surface area contributed by atoms with Crippen LogP contribution in [-0.4, -0.2) is 13.4 Å². The molecule has 1 aromatic heterocycles. The van der Waals surface area contributed by atoms with E-state index in [-0.39, 0.29) is 11.4 Å². The minimum atomic E-state index is -3.52. The second-order valence-electron chi connectivity index (χ2n) is 4.91. The van der Waals surface area contributed by atoms with Crippen LogP contribution in [0.1, 0.15) is 36.9 Å². The molecule has 0 aliphatic heterocycles. The summed E-state index contributed by atoms with van der Waals surface area (Å²) in [4.78, 5) is 4.30. The van der Waals surface area contributed by atoms with Gasteiger partial charge in [-0.2, -0.15) is 0 Å². The Kier molecular flexibility index (Phi) is 4.25. The topological polar surface area (TPSA) is 72.2 Å². The third-order valence-electron chi connectivity index (χ3n) is 2.97. The van der Waals surface area contributed by atoms with E-state index in [1.165, 1.54) is 6.26 Å². The molecule has 0 amide bonds. The average molecular weight is 294 g/mol. The molecule has 0 saturated carbocycles. The molecule has 2 aromatic rings. The maximum atomic E-state index is 12.1. The number of benzene rings is 1. The molecular formula is C14H18N2O3S. The van der Waals surface area contributed by atoms with Gasteiger partial charge in [-0.3, -0.25) is 0 Å². The van der Waals surface area contributed by atoms with Gasteiger partial charge in [0.1, 0.15) is 6.26 Å². The van der Waals surface area contributed by atoms with Gasteiger partial charge < -0.3 is 4.42 Å². The second-order valence-corrected chi connectivity index (χ2v) is 6.67. The zero-order valence-corrected chi connectivity index (χ0v) is 12.6. The first-order valence-electron chi connectivity index (χ1n) is 6.39. The van der Waals surface area contributed by atoms with Crippen molar-refractivity contribution in [3.8, 4) is 0 Å². The summed E-state index contributed by atoms with van der Waals surface area (Å²) in [7, 11) is -3.52. The normalized spacial score (nSPS) is 12.0. The largest absolute Gasteiger partial charge is 0.449 e. The van der Waals surface area contributed by atoms with Crippen LogP contribution < -0.4 is 4.72 Å². The first-order chi connectivity index (χ1) is 9.38. The average Bonchev–Trinajstić information content (AvgIpc) is 2.82. The van der Waals surface area contributed by atoms with Gasteiger partial charge in [-0.15, -0.1) is 0 Å². The second kappa shape index (κ2) is 5.76. The van der Waals surface area contributed by atoms with E-state index in [1.807, 2.05) is 12.1 Å². The molecule has 0 unspecified atom stereocenters. The van der Waals surface area contributed by atoms with Crippen molar-refractivity contribution < 1.29 is 12.8 Å². The predicted octanol–water partition coefficient (Wildman–Crippen LogP) is 2.58. The van der Waals surface area contributed by atoms with Gasteiger partial charge in [-0.1, -0.05) is 26.0 Å². The Balaban J connectivity index is 2.09. The molecule has 1 heterocycles. The van der Waals surface area contributed by atoms with Gasteiger partial charge in [0.2, 0.25) is 10.0 Å². The number of nitrogens with one attached hydrogen (secondary N) is 1. The summed E-state index contributed by atoms with van der Waals surface area (Å²) in [6.07, 6.45) is 1.44. The Morgan fingerprint density at radius 1 is 1.25 bits per heavy atom. The molecule has 20 heavy (non-hydrogen) atoms. The van der Waals surface area contributed by atoms with Crippen LogP contribution >= 0.6 is 0 Å². The summed E-state index contributed by atoms with van der Waals surface area (Å²) in [6.45, 7) is 5.96. The third kappa shape index (κ3) is 3.46. The van der Waals surface area contributed by atoms with E-state index in [0.29, 0.717) is 17.5 Å². The number of hydrogen-bond acceptors (Lipinski definition) is 4. The Labute approximate surface area is 119 Å². The summed E-state index contributed by atoms with van der Waals surface area (Å²) in [5.74, 6) is 0.887.